The highest BCUT2D eigenvalue weighted by atomic mass is 16.3. The standard InChI is InChI=1S/C14H24N2O/c1-11-12(9-15-2)8-14(17-11)10-16(3)13-6-4-5-7-13/h8,13,15H,4-7,9-10H2,1-3H3. The van der Waals surface area contributed by atoms with Gasteiger partial charge in [-0.25, -0.2) is 0 Å². The zero-order chi connectivity index (χ0) is 12.3. The Kier molecular flexibility index (Phi) is 4.24. The Labute approximate surface area is 104 Å². The van der Waals surface area contributed by atoms with Crippen molar-refractivity contribution in [1.82, 2.24) is 10.2 Å². The first-order chi connectivity index (χ1) is 8.20. The van der Waals surface area contributed by atoms with E-state index >= 15 is 0 Å². The first-order valence-electron chi connectivity index (χ1n) is 6.63. The third kappa shape index (κ3) is 3.11. The second-order valence-corrected chi connectivity index (χ2v) is 5.18. The van der Waals surface area contributed by atoms with Crippen molar-refractivity contribution in [3.63, 3.8) is 0 Å². The molecule has 1 aliphatic carbocycles. The summed E-state index contributed by atoms with van der Waals surface area (Å²) in [6.07, 6.45) is 5.47. The molecule has 0 aliphatic heterocycles. The smallest absolute Gasteiger partial charge is 0.118 e. The minimum absolute atomic E-state index is 0.758. The summed E-state index contributed by atoms with van der Waals surface area (Å²) < 4.78 is 5.82. The van der Waals surface area contributed by atoms with Crippen molar-refractivity contribution in [3.05, 3.63) is 23.2 Å². The number of furan rings is 1. The minimum atomic E-state index is 0.758. The van der Waals surface area contributed by atoms with Crippen LogP contribution in [-0.2, 0) is 13.1 Å². The van der Waals surface area contributed by atoms with Crippen LogP contribution in [0.25, 0.3) is 0 Å². The van der Waals surface area contributed by atoms with Crippen LogP contribution in [0.15, 0.2) is 10.5 Å². The Hall–Kier alpha value is -0.800. The Morgan fingerprint density at radius 2 is 2.12 bits per heavy atom. The van der Waals surface area contributed by atoms with Gasteiger partial charge in [0, 0.05) is 18.2 Å². The van der Waals surface area contributed by atoms with Crippen molar-refractivity contribution in [3.8, 4) is 0 Å². The molecular formula is C14H24N2O. The molecule has 0 unspecified atom stereocenters. The zero-order valence-corrected chi connectivity index (χ0v) is 11.3. The molecule has 0 saturated heterocycles. The largest absolute Gasteiger partial charge is 0.465 e. The van der Waals surface area contributed by atoms with Crippen LogP contribution in [-0.4, -0.2) is 25.0 Å². The molecule has 0 amide bonds. The number of aryl methyl sites for hydroxylation is 1. The Morgan fingerprint density at radius 1 is 1.41 bits per heavy atom. The average molecular weight is 236 g/mol. The van der Waals surface area contributed by atoms with Crippen molar-refractivity contribution < 1.29 is 4.42 Å². The molecule has 17 heavy (non-hydrogen) atoms. The van der Waals surface area contributed by atoms with E-state index in [1.54, 1.807) is 0 Å². The first kappa shape index (κ1) is 12.7. The molecule has 1 heterocycles. The zero-order valence-electron chi connectivity index (χ0n) is 11.3. The van der Waals surface area contributed by atoms with Crippen LogP contribution in [0.4, 0.5) is 0 Å². The molecule has 0 atom stereocenters. The predicted octanol–water partition coefficient (Wildman–Crippen LogP) is 2.68. The van der Waals surface area contributed by atoms with Gasteiger partial charge in [0.2, 0.25) is 0 Å². The highest BCUT2D eigenvalue weighted by molar-refractivity contribution is 5.20. The van der Waals surface area contributed by atoms with Crippen molar-refractivity contribution in [1.29, 1.82) is 0 Å². The molecule has 1 aliphatic rings. The van der Waals surface area contributed by atoms with Gasteiger partial charge in [-0.2, -0.15) is 0 Å². The third-order valence-electron chi connectivity index (χ3n) is 3.79. The fourth-order valence-electron chi connectivity index (χ4n) is 2.75. The van der Waals surface area contributed by atoms with Gasteiger partial charge in [-0.05, 0) is 39.9 Å². The summed E-state index contributed by atoms with van der Waals surface area (Å²) in [6.45, 7) is 3.88. The average Bonchev–Trinajstić information content (AvgIpc) is 2.90. The van der Waals surface area contributed by atoms with Gasteiger partial charge in [0.05, 0.1) is 6.54 Å². The maximum Gasteiger partial charge on any atom is 0.118 e. The Bertz CT molecular complexity index is 353. The summed E-state index contributed by atoms with van der Waals surface area (Å²) in [5.74, 6) is 2.15. The number of nitrogens with one attached hydrogen (secondary N) is 1. The molecule has 1 N–H and O–H groups in total. The van der Waals surface area contributed by atoms with E-state index in [1.807, 2.05) is 14.0 Å². The third-order valence-corrected chi connectivity index (χ3v) is 3.79. The van der Waals surface area contributed by atoms with E-state index in [0.29, 0.717) is 0 Å². The van der Waals surface area contributed by atoms with Gasteiger partial charge in [-0.1, -0.05) is 12.8 Å². The lowest BCUT2D eigenvalue weighted by molar-refractivity contribution is 0.218. The van der Waals surface area contributed by atoms with Gasteiger partial charge < -0.3 is 9.73 Å². The molecule has 3 nitrogen and oxygen atoms in total. The van der Waals surface area contributed by atoms with Crippen molar-refractivity contribution in [2.45, 2.75) is 51.7 Å². The molecule has 3 heteroatoms. The van der Waals surface area contributed by atoms with Crippen LogP contribution in [0.5, 0.6) is 0 Å². The lowest BCUT2D eigenvalue weighted by Gasteiger charge is -2.22. The maximum absolute atomic E-state index is 5.82. The summed E-state index contributed by atoms with van der Waals surface area (Å²) in [5.41, 5.74) is 1.28. The predicted molar refractivity (Wildman–Crippen MR) is 69.9 cm³/mol. The highest BCUT2D eigenvalue weighted by Gasteiger charge is 2.20. The maximum atomic E-state index is 5.82. The quantitative estimate of drug-likeness (QED) is 0.852. The normalized spacial score (nSPS) is 17.2. The number of hydrogen-bond acceptors (Lipinski definition) is 3. The Balaban J connectivity index is 1.95. The molecule has 1 fully saturated rings. The van der Waals surface area contributed by atoms with Gasteiger partial charge in [0.15, 0.2) is 0 Å². The fraction of sp³-hybridized carbons (Fsp3) is 0.714. The van der Waals surface area contributed by atoms with Gasteiger partial charge >= 0.3 is 0 Å². The van der Waals surface area contributed by atoms with E-state index in [1.165, 1.54) is 31.2 Å². The summed E-state index contributed by atoms with van der Waals surface area (Å²) in [6, 6.07) is 2.95. The topological polar surface area (TPSA) is 28.4 Å². The molecule has 0 bridgehead atoms. The fourth-order valence-corrected chi connectivity index (χ4v) is 2.75. The van der Waals surface area contributed by atoms with Crippen LogP contribution in [0.2, 0.25) is 0 Å². The molecule has 2 rings (SSSR count). The molecular weight excluding hydrogens is 212 g/mol. The molecule has 1 saturated carbocycles. The van der Waals surface area contributed by atoms with Gasteiger partial charge in [-0.3, -0.25) is 4.90 Å². The van der Waals surface area contributed by atoms with Gasteiger partial charge in [0.1, 0.15) is 11.5 Å². The van der Waals surface area contributed by atoms with Gasteiger partial charge in [0.25, 0.3) is 0 Å². The SMILES string of the molecule is CNCc1cc(CN(C)C2CCCC2)oc1C. The second kappa shape index (κ2) is 5.69. The van der Waals surface area contributed by atoms with E-state index in [-0.39, 0.29) is 0 Å². The number of nitrogens with zero attached hydrogens (tertiary/aromatic N) is 1. The van der Waals surface area contributed by atoms with Crippen molar-refractivity contribution >= 4 is 0 Å². The van der Waals surface area contributed by atoms with Crippen LogP contribution in [0.1, 0.15) is 42.8 Å². The highest BCUT2D eigenvalue weighted by Crippen LogP contribution is 2.24. The molecule has 1 aromatic rings. The van der Waals surface area contributed by atoms with E-state index in [0.717, 1.165) is 30.7 Å². The van der Waals surface area contributed by atoms with E-state index in [2.05, 4.69) is 23.3 Å². The number of hydrogen-bond donors (Lipinski definition) is 1. The Morgan fingerprint density at radius 3 is 2.76 bits per heavy atom. The van der Waals surface area contributed by atoms with Crippen LogP contribution in [0.3, 0.4) is 0 Å². The van der Waals surface area contributed by atoms with E-state index < -0.39 is 0 Å². The van der Waals surface area contributed by atoms with E-state index in [9.17, 15) is 0 Å². The molecule has 0 aromatic carbocycles. The summed E-state index contributed by atoms with van der Waals surface area (Å²) in [5, 5.41) is 3.17. The van der Waals surface area contributed by atoms with Crippen molar-refractivity contribution in [2.24, 2.45) is 0 Å². The van der Waals surface area contributed by atoms with E-state index in [4.69, 9.17) is 4.42 Å². The molecule has 0 radical (unpaired) electrons. The lowest BCUT2D eigenvalue weighted by atomic mass is 10.2. The van der Waals surface area contributed by atoms with Crippen molar-refractivity contribution in [2.75, 3.05) is 14.1 Å². The monoisotopic (exact) mass is 236 g/mol. The van der Waals surface area contributed by atoms with Crippen LogP contribution >= 0.6 is 0 Å². The van der Waals surface area contributed by atoms with Crippen LogP contribution < -0.4 is 5.32 Å². The summed E-state index contributed by atoms with van der Waals surface area (Å²) in [4.78, 5) is 2.44. The molecule has 96 valence electrons. The minimum Gasteiger partial charge on any atom is -0.465 e. The summed E-state index contributed by atoms with van der Waals surface area (Å²) in [7, 11) is 4.18. The summed E-state index contributed by atoms with van der Waals surface area (Å²) >= 11 is 0. The second-order valence-electron chi connectivity index (χ2n) is 5.18. The number of rotatable bonds is 5. The molecule has 1 aromatic heterocycles. The first-order valence-corrected chi connectivity index (χ1v) is 6.63. The van der Waals surface area contributed by atoms with Gasteiger partial charge in [-0.15, -0.1) is 0 Å². The van der Waals surface area contributed by atoms with Crippen LogP contribution in [0, 0.1) is 6.92 Å². The lowest BCUT2D eigenvalue weighted by Crippen LogP contribution is -2.28. The molecule has 0 spiro atoms.